The second-order valence-corrected chi connectivity index (χ2v) is 5.81. The molecule has 0 aliphatic rings. The Labute approximate surface area is 173 Å². The van der Waals surface area contributed by atoms with Gasteiger partial charge >= 0.3 is 17.9 Å². The lowest BCUT2D eigenvalue weighted by molar-refractivity contribution is -0.139. The maximum Gasteiger partial charge on any atom is 0.320 e. The van der Waals surface area contributed by atoms with E-state index in [-0.39, 0.29) is 24.7 Å². The van der Waals surface area contributed by atoms with Crippen LogP contribution in [0, 0.1) is 0 Å². The summed E-state index contributed by atoms with van der Waals surface area (Å²) in [6.07, 6.45) is 1.23. The van der Waals surface area contributed by atoms with Crippen molar-refractivity contribution in [3.8, 4) is 5.75 Å². The van der Waals surface area contributed by atoms with Crippen molar-refractivity contribution in [3.05, 3.63) is 29.8 Å². The highest BCUT2D eigenvalue weighted by Crippen LogP contribution is 2.10. The average Bonchev–Trinajstić information content (AvgIpc) is 2.67. The average molecular weight is 430 g/mol. The standard InChI is InChI=1S/C9H11NO3.C6H14N4O2.C2H5NO2/c10-8(9(12)13)5-6-1-3-7(11)4-2-6;7-4(5(11)12)2-1-3-10-6(8)9;3-1-2(4)5/h1-4,8,11H,5,10H2,(H,12,13);4H,1-3,7H2,(H,11,12)(H4,8,9,10);1,3H2,(H,4,5)/t8-;4-;/m00./s1. The number of carboxylic acids is 3. The first-order chi connectivity index (χ1) is 13.9. The van der Waals surface area contributed by atoms with Crippen LogP contribution in [0.1, 0.15) is 18.4 Å². The van der Waals surface area contributed by atoms with Crippen LogP contribution in [0.25, 0.3) is 0 Å². The number of phenolic OH excluding ortho intramolecular Hbond substituents is 1. The summed E-state index contributed by atoms with van der Waals surface area (Å²) in [4.78, 5) is 33.5. The van der Waals surface area contributed by atoms with Crippen LogP contribution in [-0.4, -0.2) is 69.5 Å². The van der Waals surface area contributed by atoms with Crippen molar-refractivity contribution in [3.63, 3.8) is 0 Å². The molecule has 0 aliphatic heterocycles. The third kappa shape index (κ3) is 18.0. The SMILES string of the molecule is NC(N)=NCCC[C@H](N)C(=O)O.NCC(=O)O.N[C@@H](Cc1ccc(O)cc1)C(=O)O. The largest absolute Gasteiger partial charge is 0.508 e. The summed E-state index contributed by atoms with van der Waals surface area (Å²) >= 11 is 0. The molecule has 1 aromatic carbocycles. The van der Waals surface area contributed by atoms with Crippen molar-refractivity contribution in [1.29, 1.82) is 0 Å². The number of hydrogen-bond acceptors (Lipinski definition) is 8. The van der Waals surface area contributed by atoms with Gasteiger partial charge in [0.15, 0.2) is 5.96 Å². The molecule has 0 unspecified atom stereocenters. The molecule has 0 bridgehead atoms. The molecule has 13 nitrogen and oxygen atoms in total. The third-order valence-corrected chi connectivity index (χ3v) is 3.17. The molecule has 0 heterocycles. The summed E-state index contributed by atoms with van der Waals surface area (Å²) in [7, 11) is 0. The number of aliphatic imine (C=N–C) groups is 1. The Kier molecular flexibility index (Phi) is 15.9. The molecule has 0 aliphatic carbocycles. The van der Waals surface area contributed by atoms with Crippen molar-refractivity contribution < 1.29 is 34.8 Å². The second-order valence-electron chi connectivity index (χ2n) is 5.81. The second kappa shape index (κ2) is 16.5. The summed E-state index contributed by atoms with van der Waals surface area (Å²) in [6.45, 7) is 0.142. The number of benzene rings is 1. The van der Waals surface area contributed by atoms with Gasteiger partial charge in [0.2, 0.25) is 0 Å². The number of aliphatic carboxylic acids is 3. The predicted octanol–water partition coefficient (Wildman–Crippen LogP) is -2.17. The van der Waals surface area contributed by atoms with Crippen LogP contribution in [0.2, 0.25) is 0 Å². The number of guanidine groups is 1. The van der Waals surface area contributed by atoms with Crippen molar-refractivity contribution in [2.24, 2.45) is 33.7 Å². The van der Waals surface area contributed by atoms with E-state index in [0.717, 1.165) is 5.56 Å². The molecular formula is C17H30N6O7. The number of aromatic hydroxyl groups is 1. The van der Waals surface area contributed by atoms with E-state index in [2.05, 4.69) is 10.7 Å². The zero-order valence-electron chi connectivity index (χ0n) is 16.3. The highest BCUT2D eigenvalue weighted by Gasteiger charge is 2.11. The van der Waals surface area contributed by atoms with E-state index < -0.39 is 30.0 Å². The predicted molar refractivity (Wildman–Crippen MR) is 110 cm³/mol. The minimum absolute atomic E-state index is 0.0129. The zero-order valence-corrected chi connectivity index (χ0v) is 16.3. The summed E-state index contributed by atoms with van der Waals surface area (Å²) in [6, 6.07) is 4.60. The highest BCUT2D eigenvalue weighted by molar-refractivity contribution is 5.75. The Morgan fingerprint density at radius 1 is 0.933 bits per heavy atom. The van der Waals surface area contributed by atoms with Crippen molar-refractivity contribution >= 4 is 23.9 Å². The van der Waals surface area contributed by atoms with E-state index >= 15 is 0 Å². The van der Waals surface area contributed by atoms with Crippen LogP contribution >= 0.6 is 0 Å². The number of nitrogens with two attached hydrogens (primary N) is 5. The maximum absolute atomic E-state index is 10.4. The van der Waals surface area contributed by atoms with Gasteiger partial charge < -0.3 is 49.1 Å². The number of carboxylic acid groups (broad SMARTS) is 3. The van der Waals surface area contributed by atoms with Crippen LogP contribution in [-0.2, 0) is 20.8 Å². The minimum Gasteiger partial charge on any atom is -0.508 e. The summed E-state index contributed by atoms with van der Waals surface area (Å²) in [5.74, 6) is -2.82. The van der Waals surface area contributed by atoms with Crippen molar-refractivity contribution in [1.82, 2.24) is 0 Å². The van der Waals surface area contributed by atoms with Gasteiger partial charge in [-0.25, -0.2) is 0 Å². The molecule has 0 saturated heterocycles. The first kappa shape index (κ1) is 28.8. The molecule has 170 valence electrons. The van der Waals surface area contributed by atoms with Gasteiger partial charge in [-0.1, -0.05) is 12.1 Å². The van der Waals surface area contributed by atoms with Gasteiger partial charge in [-0.15, -0.1) is 0 Å². The molecule has 2 atom stereocenters. The molecule has 14 N–H and O–H groups in total. The first-order valence-electron chi connectivity index (χ1n) is 8.62. The zero-order chi connectivity index (χ0) is 23.7. The van der Waals surface area contributed by atoms with Gasteiger partial charge in [0, 0.05) is 6.54 Å². The van der Waals surface area contributed by atoms with Gasteiger partial charge in [-0.2, -0.15) is 0 Å². The van der Waals surface area contributed by atoms with Crippen LogP contribution in [0.5, 0.6) is 5.75 Å². The number of hydrogen-bond donors (Lipinski definition) is 9. The van der Waals surface area contributed by atoms with Gasteiger partial charge in [0.05, 0.1) is 6.54 Å². The summed E-state index contributed by atoms with van der Waals surface area (Å²) < 4.78 is 0. The first-order valence-corrected chi connectivity index (χ1v) is 8.62. The van der Waals surface area contributed by atoms with E-state index in [0.29, 0.717) is 19.4 Å². The minimum atomic E-state index is -1.02. The van der Waals surface area contributed by atoms with E-state index in [1.54, 1.807) is 12.1 Å². The number of phenols is 1. The number of nitrogens with zero attached hydrogens (tertiary/aromatic N) is 1. The van der Waals surface area contributed by atoms with Gasteiger partial charge in [-0.3, -0.25) is 19.4 Å². The molecule has 0 aromatic heterocycles. The van der Waals surface area contributed by atoms with Gasteiger partial charge in [0.1, 0.15) is 17.8 Å². The highest BCUT2D eigenvalue weighted by atomic mass is 16.4. The third-order valence-electron chi connectivity index (χ3n) is 3.17. The lowest BCUT2D eigenvalue weighted by Gasteiger charge is -2.05. The van der Waals surface area contributed by atoms with Crippen LogP contribution in [0.15, 0.2) is 29.3 Å². The smallest absolute Gasteiger partial charge is 0.320 e. The van der Waals surface area contributed by atoms with Crippen molar-refractivity contribution in [2.75, 3.05) is 13.1 Å². The fraction of sp³-hybridized carbons (Fsp3) is 0.412. The molecule has 1 rings (SSSR count). The topological polar surface area (TPSA) is 275 Å². The van der Waals surface area contributed by atoms with Crippen LogP contribution in [0.3, 0.4) is 0 Å². The molecule has 0 radical (unpaired) electrons. The Morgan fingerprint density at radius 3 is 1.77 bits per heavy atom. The fourth-order valence-electron chi connectivity index (χ4n) is 1.62. The number of rotatable bonds is 9. The molecule has 1 aromatic rings. The summed E-state index contributed by atoms with van der Waals surface area (Å²) in [5, 5.41) is 33.5. The lowest BCUT2D eigenvalue weighted by atomic mass is 10.1. The quantitative estimate of drug-likeness (QED) is 0.115. The normalized spacial score (nSPS) is 11.4. The monoisotopic (exact) mass is 430 g/mol. The molecule has 0 amide bonds. The Bertz CT molecular complexity index is 678. The lowest BCUT2D eigenvalue weighted by Crippen LogP contribution is -2.32. The molecular weight excluding hydrogens is 400 g/mol. The molecule has 30 heavy (non-hydrogen) atoms. The van der Waals surface area contributed by atoms with Crippen molar-refractivity contribution in [2.45, 2.75) is 31.3 Å². The van der Waals surface area contributed by atoms with Gasteiger partial charge in [-0.05, 0) is 37.0 Å². The van der Waals surface area contributed by atoms with E-state index in [9.17, 15) is 14.4 Å². The number of carbonyl (C=O) groups is 3. The summed E-state index contributed by atoms with van der Waals surface area (Å²) in [5.41, 5.74) is 26.0. The molecule has 0 spiro atoms. The molecule has 0 saturated carbocycles. The Morgan fingerprint density at radius 2 is 1.40 bits per heavy atom. The van der Waals surface area contributed by atoms with E-state index in [4.69, 9.17) is 43.4 Å². The van der Waals surface area contributed by atoms with Crippen LogP contribution in [0.4, 0.5) is 0 Å². The van der Waals surface area contributed by atoms with E-state index in [1.165, 1.54) is 12.1 Å². The maximum atomic E-state index is 10.4. The van der Waals surface area contributed by atoms with Gasteiger partial charge in [0.25, 0.3) is 0 Å². The van der Waals surface area contributed by atoms with Crippen LogP contribution < -0.4 is 28.7 Å². The fourth-order valence-corrected chi connectivity index (χ4v) is 1.62. The molecule has 13 heteroatoms. The molecule has 0 fully saturated rings. The Balaban J connectivity index is 0. The van der Waals surface area contributed by atoms with E-state index in [1.807, 2.05) is 0 Å². The Hall–Kier alpha value is -3.42.